The molecule has 1 heterocycles. The van der Waals surface area contributed by atoms with Gasteiger partial charge in [-0.1, -0.05) is 6.92 Å². The van der Waals surface area contributed by atoms with Crippen LogP contribution in [-0.2, 0) is 0 Å². The minimum Gasteiger partial charge on any atom is -0.453 e. The number of carbonyl (C=O) groups excluding carboxylic acids is 3. The summed E-state index contributed by atoms with van der Waals surface area (Å²) in [5.41, 5.74) is 1.07. The summed E-state index contributed by atoms with van der Waals surface area (Å²) in [6, 6.07) is 4.81. The predicted molar refractivity (Wildman–Crippen MR) is 96.4 cm³/mol. The van der Waals surface area contributed by atoms with E-state index in [4.69, 9.17) is 4.42 Å². The highest BCUT2D eigenvalue weighted by Gasteiger charge is 2.21. The third-order valence-corrected chi connectivity index (χ3v) is 4.09. The molecule has 0 spiro atoms. The van der Waals surface area contributed by atoms with Crippen LogP contribution in [0.1, 0.15) is 51.5 Å². The first kappa shape index (κ1) is 18.9. The number of likely N-dealkylation sites (N-methyl/N-ethyl adjacent to an activating group) is 2. The van der Waals surface area contributed by atoms with Crippen molar-refractivity contribution < 1.29 is 18.8 Å². The number of fused-ring (bicyclic) bond motifs is 1. The number of ketones is 2. The van der Waals surface area contributed by atoms with E-state index >= 15 is 0 Å². The number of hydrogen-bond donors (Lipinski definition) is 0. The van der Waals surface area contributed by atoms with E-state index in [0.29, 0.717) is 35.1 Å². The minimum absolute atomic E-state index is 0.114. The molecule has 0 saturated heterocycles. The second-order valence-electron chi connectivity index (χ2n) is 6.41. The van der Waals surface area contributed by atoms with E-state index in [2.05, 4.69) is 0 Å². The molecule has 1 amide bonds. The molecule has 0 saturated carbocycles. The third kappa shape index (κ3) is 4.14. The van der Waals surface area contributed by atoms with Crippen LogP contribution in [0.5, 0.6) is 0 Å². The van der Waals surface area contributed by atoms with Gasteiger partial charge in [-0.2, -0.15) is 0 Å². The Morgan fingerprint density at radius 2 is 1.68 bits per heavy atom. The van der Waals surface area contributed by atoms with E-state index in [1.54, 1.807) is 37.1 Å². The van der Waals surface area contributed by atoms with Gasteiger partial charge in [-0.05, 0) is 39.2 Å². The van der Waals surface area contributed by atoms with Crippen LogP contribution in [0.15, 0.2) is 22.6 Å². The van der Waals surface area contributed by atoms with Crippen LogP contribution in [0.3, 0.4) is 0 Å². The molecule has 6 nitrogen and oxygen atoms in total. The zero-order valence-electron chi connectivity index (χ0n) is 15.4. The van der Waals surface area contributed by atoms with Gasteiger partial charge in [0.25, 0.3) is 5.91 Å². The molecule has 0 aliphatic carbocycles. The number of amides is 1. The van der Waals surface area contributed by atoms with E-state index in [0.717, 1.165) is 6.54 Å². The second-order valence-corrected chi connectivity index (χ2v) is 6.41. The van der Waals surface area contributed by atoms with Crippen LogP contribution in [0, 0.1) is 0 Å². The van der Waals surface area contributed by atoms with Crippen molar-refractivity contribution in [2.75, 3.05) is 34.2 Å². The summed E-state index contributed by atoms with van der Waals surface area (Å²) < 4.78 is 5.58. The molecule has 1 aromatic heterocycles. The van der Waals surface area contributed by atoms with Crippen LogP contribution in [0.2, 0.25) is 0 Å². The summed E-state index contributed by atoms with van der Waals surface area (Å²) in [7, 11) is 5.56. The molecule has 0 unspecified atom stereocenters. The summed E-state index contributed by atoms with van der Waals surface area (Å²) in [4.78, 5) is 40.2. The first-order valence-corrected chi connectivity index (χ1v) is 8.26. The molecule has 0 atom stereocenters. The van der Waals surface area contributed by atoms with Gasteiger partial charge in [0.1, 0.15) is 5.58 Å². The molecule has 6 heteroatoms. The van der Waals surface area contributed by atoms with Gasteiger partial charge in [-0.15, -0.1) is 0 Å². The van der Waals surface area contributed by atoms with Gasteiger partial charge in [0.15, 0.2) is 17.3 Å². The van der Waals surface area contributed by atoms with Crippen LogP contribution in [-0.4, -0.2) is 61.5 Å². The molecule has 0 aliphatic heterocycles. The van der Waals surface area contributed by atoms with Crippen molar-refractivity contribution in [1.29, 1.82) is 0 Å². The summed E-state index contributed by atoms with van der Waals surface area (Å²) in [6.07, 6.45) is 0.332. The summed E-state index contributed by atoms with van der Waals surface area (Å²) in [5, 5.41) is 0.648. The lowest BCUT2D eigenvalue weighted by Crippen LogP contribution is -2.34. The van der Waals surface area contributed by atoms with Gasteiger partial charge in [0.05, 0.1) is 5.56 Å². The standard InChI is InChI=1S/C19H24N2O4/c1-6-16(23)18-10-13-9-14(12(2)22)15(11-17(13)25-18)19(24)21(5)8-7-20(3)4/h9-11H,6-8H2,1-5H3. The second kappa shape index (κ2) is 7.61. The molecule has 2 aromatic rings. The third-order valence-electron chi connectivity index (χ3n) is 4.09. The molecule has 0 N–H and O–H groups in total. The van der Waals surface area contributed by atoms with Crippen molar-refractivity contribution in [2.24, 2.45) is 0 Å². The Morgan fingerprint density at radius 1 is 1.00 bits per heavy atom. The number of Topliss-reactive ketones (excluding diaryl/α,β-unsaturated/α-hetero) is 2. The first-order valence-electron chi connectivity index (χ1n) is 8.26. The highest BCUT2D eigenvalue weighted by atomic mass is 16.3. The van der Waals surface area contributed by atoms with Crippen molar-refractivity contribution in [3.8, 4) is 0 Å². The van der Waals surface area contributed by atoms with Crippen LogP contribution < -0.4 is 0 Å². The van der Waals surface area contributed by atoms with Gasteiger partial charge < -0.3 is 14.2 Å². The average molecular weight is 344 g/mol. The molecule has 0 radical (unpaired) electrons. The monoisotopic (exact) mass is 344 g/mol. The number of carbonyl (C=O) groups is 3. The topological polar surface area (TPSA) is 70.8 Å². The number of hydrogen-bond acceptors (Lipinski definition) is 5. The number of rotatable bonds is 7. The molecular weight excluding hydrogens is 320 g/mol. The normalized spacial score (nSPS) is 11.1. The van der Waals surface area contributed by atoms with Crippen molar-refractivity contribution >= 4 is 28.4 Å². The fourth-order valence-electron chi connectivity index (χ4n) is 2.52. The Morgan fingerprint density at radius 3 is 2.24 bits per heavy atom. The SMILES string of the molecule is CCC(=O)c1cc2cc(C(C)=O)c(C(=O)N(C)CCN(C)C)cc2o1. The van der Waals surface area contributed by atoms with Gasteiger partial charge in [-0.3, -0.25) is 14.4 Å². The minimum atomic E-state index is -0.242. The highest BCUT2D eigenvalue weighted by Crippen LogP contribution is 2.26. The summed E-state index contributed by atoms with van der Waals surface area (Å²) in [5.74, 6) is -0.307. The molecule has 134 valence electrons. The van der Waals surface area contributed by atoms with Crippen molar-refractivity contribution in [1.82, 2.24) is 9.80 Å². The molecule has 2 rings (SSSR count). The maximum absolute atomic E-state index is 12.8. The Balaban J connectivity index is 2.46. The maximum atomic E-state index is 12.8. The first-order chi connectivity index (χ1) is 11.7. The molecule has 0 bridgehead atoms. The smallest absolute Gasteiger partial charge is 0.254 e. The number of furan rings is 1. The van der Waals surface area contributed by atoms with Crippen LogP contribution in [0.4, 0.5) is 0 Å². The molecular formula is C19H24N2O4. The zero-order valence-corrected chi connectivity index (χ0v) is 15.4. The quantitative estimate of drug-likeness (QED) is 0.722. The van der Waals surface area contributed by atoms with E-state index < -0.39 is 0 Å². The largest absolute Gasteiger partial charge is 0.453 e. The van der Waals surface area contributed by atoms with Crippen molar-refractivity contribution in [2.45, 2.75) is 20.3 Å². The number of benzene rings is 1. The van der Waals surface area contributed by atoms with Crippen LogP contribution in [0.25, 0.3) is 11.0 Å². The number of nitrogens with zero attached hydrogens (tertiary/aromatic N) is 2. The average Bonchev–Trinajstić information content (AvgIpc) is 2.99. The molecule has 1 aromatic carbocycles. The Labute approximate surface area is 147 Å². The Hall–Kier alpha value is -2.47. The molecule has 0 aliphatic rings. The Kier molecular flexibility index (Phi) is 5.74. The van der Waals surface area contributed by atoms with E-state index in [9.17, 15) is 14.4 Å². The van der Waals surface area contributed by atoms with Gasteiger partial charge in [-0.25, -0.2) is 0 Å². The zero-order chi connectivity index (χ0) is 18.7. The maximum Gasteiger partial charge on any atom is 0.254 e. The molecule has 25 heavy (non-hydrogen) atoms. The highest BCUT2D eigenvalue weighted by molar-refractivity contribution is 6.10. The fourth-order valence-corrected chi connectivity index (χ4v) is 2.52. The van der Waals surface area contributed by atoms with Gasteiger partial charge in [0, 0.05) is 37.5 Å². The predicted octanol–water partition coefficient (Wildman–Crippen LogP) is 2.86. The lowest BCUT2D eigenvalue weighted by molar-refractivity contribution is 0.0781. The fraction of sp³-hybridized carbons (Fsp3) is 0.421. The van der Waals surface area contributed by atoms with E-state index in [1.807, 2.05) is 19.0 Å². The van der Waals surface area contributed by atoms with Gasteiger partial charge >= 0.3 is 0 Å². The van der Waals surface area contributed by atoms with Crippen LogP contribution >= 0.6 is 0 Å². The van der Waals surface area contributed by atoms with E-state index in [1.165, 1.54) is 6.92 Å². The van der Waals surface area contributed by atoms with E-state index in [-0.39, 0.29) is 23.2 Å². The summed E-state index contributed by atoms with van der Waals surface area (Å²) in [6.45, 7) is 4.44. The van der Waals surface area contributed by atoms with Gasteiger partial charge in [0.2, 0.25) is 0 Å². The molecule has 0 fully saturated rings. The Bertz CT molecular complexity index is 820. The lowest BCUT2D eigenvalue weighted by atomic mass is 10.0. The lowest BCUT2D eigenvalue weighted by Gasteiger charge is -2.20. The van der Waals surface area contributed by atoms with Crippen molar-refractivity contribution in [3.05, 3.63) is 35.1 Å². The summed E-state index contributed by atoms with van der Waals surface area (Å²) >= 11 is 0. The van der Waals surface area contributed by atoms with Crippen molar-refractivity contribution in [3.63, 3.8) is 0 Å².